The zero-order valence-corrected chi connectivity index (χ0v) is 11.5. The number of carbonyl (C=O) groups excluding carboxylic acids is 1. The van der Waals surface area contributed by atoms with Gasteiger partial charge in [0, 0.05) is 12.6 Å². The molecule has 1 fully saturated rings. The Bertz CT molecular complexity index is 430. The molecule has 0 aromatic heterocycles. The highest BCUT2D eigenvalue weighted by Gasteiger charge is 2.34. The van der Waals surface area contributed by atoms with Crippen molar-refractivity contribution in [1.29, 1.82) is 0 Å². The van der Waals surface area contributed by atoms with Gasteiger partial charge in [-0.3, -0.25) is 4.79 Å². The van der Waals surface area contributed by atoms with E-state index in [4.69, 9.17) is 11.5 Å². The van der Waals surface area contributed by atoms with Crippen molar-refractivity contribution < 1.29 is 4.79 Å². The molecule has 0 bridgehead atoms. The molecule has 0 aliphatic heterocycles. The minimum Gasteiger partial charge on any atom is -0.368 e. The van der Waals surface area contributed by atoms with Gasteiger partial charge in [-0.1, -0.05) is 36.8 Å². The van der Waals surface area contributed by atoms with Crippen molar-refractivity contribution in [2.45, 2.75) is 37.3 Å². The molecular formula is C15H23N3O. The van der Waals surface area contributed by atoms with Crippen molar-refractivity contribution in [3.05, 3.63) is 35.9 Å². The normalized spacial score (nSPS) is 18.9. The summed E-state index contributed by atoms with van der Waals surface area (Å²) in [4.78, 5) is 14.1. The van der Waals surface area contributed by atoms with Gasteiger partial charge in [-0.05, 0) is 31.9 Å². The molecule has 1 aromatic carbocycles. The zero-order valence-electron chi connectivity index (χ0n) is 11.5. The van der Waals surface area contributed by atoms with Crippen LogP contribution in [0.4, 0.5) is 0 Å². The third-order valence-electron chi connectivity index (χ3n) is 4.29. The Kier molecular flexibility index (Phi) is 4.22. The Hall–Kier alpha value is -1.39. The Balaban J connectivity index is 2.05. The fourth-order valence-electron chi connectivity index (χ4n) is 2.51. The standard InChI is InChI=1S/C15H23N3O/c1-18(13-8-5-9-13)11-10-15(17,14(16)19)12-6-3-2-4-7-12/h2-4,6-7,13H,5,8-11,17H2,1H3,(H2,16,19). The van der Waals surface area contributed by atoms with Gasteiger partial charge in [-0.25, -0.2) is 0 Å². The molecule has 1 aliphatic carbocycles. The van der Waals surface area contributed by atoms with Crippen LogP contribution in [0.5, 0.6) is 0 Å². The van der Waals surface area contributed by atoms with Gasteiger partial charge in [0.15, 0.2) is 0 Å². The average molecular weight is 261 g/mol. The van der Waals surface area contributed by atoms with Crippen LogP contribution in [0.15, 0.2) is 30.3 Å². The third kappa shape index (κ3) is 2.96. The molecule has 1 atom stereocenters. The van der Waals surface area contributed by atoms with Crippen LogP contribution in [0.1, 0.15) is 31.2 Å². The Morgan fingerprint density at radius 1 is 1.37 bits per heavy atom. The van der Waals surface area contributed by atoms with Gasteiger partial charge >= 0.3 is 0 Å². The lowest BCUT2D eigenvalue weighted by Crippen LogP contribution is -2.51. The van der Waals surface area contributed by atoms with Crippen LogP contribution in [-0.2, 0) is 10.3 Å². The van der Waals surface area contributed by atoms with E-state index < -0.39 is 11.4 Å². The SMILES string of the molecule is CN(CCC(N)(C(N)=O)c1ccccc1)C1CCC1. The van der Waals surface area contributed by atoms with Gasteiger partial charge in [-0.2, -0.15) is 0 Å². The highest BCUT2D eigenvalue weighted by molar-refractivity contribution is 5.85. The predicted octanol–water partition coefficient (Wildman–Crippen LogP) is 1.20. The van der Waals surface area contributed by atoms with E-state index in [2.05, 4.69) is 11.9 Å². The van der Waals surface area contributed by atoms with Crippen molar-refractivity contribution in [3.63, 3.8) is 0 Å². The van der Waals surface area contributed by atoms with Gasteiger partial charge in [0.25, 0.3) is 0 Å². The number of benzene rings is 1. The van der Waals surface area contributed by atoms with Crippen LogP contribution in [0.3, 0.4) is 0 Å². The highest BCUT2D eigenvalue weighted by atomic mass is 16.1. The molecule has 1 amide bonds. The predicted molar refractivity (Wildman–Crippen MR) is 76.4 cm³/mol. The summed E-state index contributed by atoms with van der Waals surface area (Å²) in [5.74, 6) is -0.458. The smallest absolute Gasteiger partial charge is 0.242 e. The van der Waals surface area contributed by atoms with E-state index >= 15 is 0 Å². The monoisotopic (exact) mass is 261 g/mol. The number of hydrogen-bond acceptors (Lipinski definition) is 3. The van der Waals surface area contributed by atoms with E-state index in [1.54, 1.807) is 0 Å². The summed E-state index contributed by atoms with van der Waals surface area (Å²) in [6.07, 6.45) is 4.35. The first-order chi connectivity index (χ1) is 9.04. The van der Waals surface area contributed by atoms with Gasteiger partial charge in [-0.15, -0.1) is 0 Å². The zero-order chi connectivity index (χ0) is 13.9. The minimum absolute atomic E-state index is 0.458. The summed E-state index contributed by atoms with van der Waals surface area (Å²) in [6.45, 7) is 0.791. The fraction of sp³-hybridized carbons (Fsp3) is 0.533. The van der Waals surface area contributed by atoms with Crippen LogP contribution in [0, 0.1) is 0 Å². The highest BCUT2D eigenvalue weighted by Crippen LogP contribution is 2.26. The molecule has 0 radical (unpaired) electrons. The molecule has 4 heteroatoms. The Morgan fingerprint density at radius 2 is 2.00 bits per heavy atom. The second-order valence-corrected chi connectivity index (χ2v) is 5.52. The van der Waals surface area contributed by atoms with Crippen LogP contribution >= 0.6 is 0 Å². The van der Waals surface area contributed by atoms with E-state index in [1.165, 1.54) is 19.3 Å². The number of rotatable bonds is 6. The summed E-state index contributed by atoms with van der Waals surface area (Å²) in [5.41, 5.74) is 11.5. The molecule has 4 nitrogen and oxygen atoms in total. The second-order valence-electron chi connectivity index (χ2n) is 5.52. The molecular weight excluding hydrogens is 238 g/mol. The van der Waals surface area contributed by atoms with E-state index in [1.807, 2.05) is 30.3 Å². The van der Waals surface area contributed by atoms with Gasteiger partial charge in [0.05, 0.1) is 0 Å². The van der Waals surface area contributed by atoms with E-state index in [-0.39, 0.29) is 0 Å². The molecule has 4 N–H and O–H groups in total. The van der Waals surface area contributed by atoms with Gasteiger partial charge < -0.3 is 16.4 Å². The van der Waals surface area contributed by atoms with E-state index in [0.29, 0.717) is 12.5 Å². The summed E-state index contributed by atoms with van der Waals surface area (Å²) >= 11 is 0. The van der Waals surface area contributed by atoms with Crippen molar-refractivity contribution >= 4 is 5.91 Å². The molecule has 1 saturated carbocycles. The number of carbonyl (C=O) groups is 1. The number of nitrogens with two attached hydrogens (primary N) is 2. The summed E-state index contributed by atoms with van der Waals surface area (Å²) < 4.78 is 0. The third-order valence-corrected chi connectivity index (χ3v) is 4.29. The summed E-state index contributed by atoms with van der Waals surface area (Å²) in [6, 6.07) is 10.1. The van der Waals surface area contributed by atoms with Crippen molar-refractivity contribution in [2.24, 2.45) is 11.5 Å². The second kappa shape index (κ2) is 5.72. The minimum atomic E-state index is -1.07. The largest absolute Gasteiger partial charge is 0.368 e. The maximum atomic E-state index is 11.8. The van der Waals surface area contributed by atoms with Gasteiger partial charge in [0.2, 0.25) is 5.91 Å². The maximum absolute atomic E-state index is 11.8. The molecule has 0 saturated heterocycles. The lowest BCUT2D eigenvalue weighted by molar-refractivity contribution is -0.123. The fourth-order valence-corrected chi connectivity index (χ4v) is 2.51. The topological polar surface area (TPSA) is 72.3 Å². The number of primary amides is 1. The lowest BCUT2D eigenvalue weighted by atomic mass is 9.85. The summed E-state index contributed by atoms with van der Waals surface area (Å²) in [7, 11) is 2.09. The first-order valence-corrected chi connectivity index (χ1v) is 6.88. The van der Waals surface area contributed by atoms with Crippen LogP contribution in [0.25, 0.3) is 0 Å². The number of amides is 1. The molecule has 0 spiro atoms. The Labute approximate surface area is 114 Å². The first kappa shape index (κ1) is 14.0. The Morgan fingerprint density at radius 3 is 2.47 bits per heavy atom. The number of nitrogens with zero attached hydrogens (tertiary/aromatic N) is 1. The van der Waals surface area contributed by atoms with Gasteiger partial charge in [0.1, 0.15) is 5.54 Å². The van der Waals surface area contributed by atoms with Crippen molar-refractivity contribution in [3.8, 4) is 0 Å². The van der Waals surface area contributed by atoms with E-state index in [9.17, 15) is 4.79 Å². The molecule has 19 heavy (non-hydrogen) atoms. The maximum Gasteiger partial charge on any atom is 0.242 e. The molecule has 1 aliphatic rings. The number of hydrogen-bond donors (Lipinski definition) is 2. The molecule has 0 heterocycles. The van der Waals surface area contributed by atoms with E-state index in [0.717, 1.165) is 12.1 Å². The molecule has 104 valence electrons. The summed E-state index contributed by atoms with van der Waals surface area (Å²) in [5, 5.41) is 0. The molecule has 2 rings (SSSR count). The first-order valence-electron chi connectivity index (χ1n) is 6.88. The van der Waals surface area contributed by atoms with Crippen molar-refractivity contribution in [2.75, 3.05) is 13.6 Å². The van der Waals surface area contributed by atoms with Crippen LogP contribution < -0.4 is 11.5 Å². The van der Waals surface area contributed by atoms with Crippen LogP contribution in [0.2, 0.25) is 0 Å². The molecule has 1 unspecified atom stereocenters. The van der Waals surface area contributed by atoms with Crippen LogP contribution in [-0.4, -0.2) is 30.4 Å². The molecule has 1 aromatic rings. The quantitative estimate of drug-likeness (QED) is 0.808. The average Bonchev–Trinajstić information content (AvgIpc) is 2.34. The lowest BCUT2D eigenvalue weighted by Gasteiger charge is -2.37. The van der Waals surface area contributed by atoms with Crippen molar-refractivity contribution in [1.82, 2.24) is 4.90 Å².